The average Bonchev–Trinajstić information content (AvgIpc) is 3.17. The topological polar surface area (TPSA) is 73.6 Å². The third-order valence-electron chi connectivity index (χ3n) is 4.65. The summed E-state index contributed by atoms with van der Waals surface area (Å²) in [5.74, 6) is 1.55. The maximum absolute atomic E-state index is 12.2. The maximum atomic E-state index is 12.2. The van der Waals surface area contributed by atoms with Gasteiger partial charge in [-0.2, -0.15) is 0 Å². The lowest BCUT2D eigenvalue weighted by molar-refractivity contribution is -0.118. The van der Waals surface area contributed by atoms with E-state index in [1.54, 1.807) is 25.3 Å². The summed E-state index contributed by atoms with van der Waals surface area (Å²) in [6.45, 7) is 3.95. The maximum Gasteiger partial charge on any atom is 0.262 e. The van der Waals surface area contributed by atoms with Gasteiger partial charge in [-0.3, -0.25) is 4.79 Å². The second kappa shape index (κ2) is 8.29. The molecule has 0 atom stereocenters. The van der Waals surface area contributed by atoms with E-state index in [2.05, 4.69) is 16.4 Å². The van der Waals surface area contributed by atoms with Gasteiger partial charge in [0.05, 0.1) is 7.11 Å². The van der Waals surface area contributed by atoms with Gasteiger partial charge >= 0.3 is 0 Å². The summed E-state index contributed by atoms with van der Waals surface area (Å²) < 4.78 is 16.6. The van der Waals surface area contributed by atoms with E-state index in [9.17, 15) is 4.79 Å². The number of hydrogen-bond donors (Lipinski definition) is 1. The number of aryl methyl sites for hydroxylation is 2. The van der Waals surface area contributed by atoms with Crippen molar-refractivity contribution in [2.45, 2.75) is 13.8 Å². The number of anilines is 1. The highest BCUT2D eigenvalue weighted by Gasteiger charge is 2.11. The molecule has 1 N–H and O–H groups in total. The molecule has 6 heteroatoms. The molecule has 0 aliphatic rings. The molecule has 0 fully saturated rings. The Morgan fingerprint density at radius 3 is 2.57 bits per heavy atom. The molecule has 0 spiro atoms. The number of nitrogens with one attached hydrogen (secondary N) is 1. The van der Waals surface area contributed by atoms with Crippen LogP contribution < -0.4 is 14.8 Å². The molecule has 4 rings (SSSR count). The number of benzene rings is 3. The fourth-order valence-electron chi connectivity index (χ4n) is 3.23. The molecule has 0 bridgehead atoms. The first-order valence-electron chi connectivity index (χ1n) is 9.57. The molecule has 1 heterocycles. The number of ether oxygens (including phenoxy) is 2. The van der Waals surface area contributed by atoms with Crippen LogP contribution in [0, 0.1) is 13.8 Å². The second-order valence-electron chi connectivity index (χ2n) is 7.04. The van der Waals surface area contributed by atoms with Crippen LogP contribution in [0.3, 0.4) is 0 Å². The van der Waals surface area contributed by atoms with Gasteiger partial charge in [-0.15, -0.1) is 0 Å². The summed E-state index contributed by atoms with van der Waals surface area (Å²) >= 11 is 0. The quantitative estimate of drug-likeness (QED) is 0.483. The molecule has 6 nitrogen and oxygen atoms in total. The number of fused-ring (bicyclic) bond motifs is 1. The zero-order valence-electron chi connectivity index (χ0n) is 17.1. The van der Waals surface area contributed by atoms with E-state index in [4.69, 9.17) is 13.9 Å². The summed E-state index contributed by atoms with van der Waals surface area (Å²) in [5.41, 5.74) is 5.35. The Hall–Kier alpha value is -3.80. The summed E-state index contributed by atoms with van der Waals surface area (Å²) in [6, 6.07) is 18.6. The number of aromatic nitrogens is 1. The van der Waals surface area contributed by atoms with Crippen LogP contribution in [0.4, 0.5) is 5.69 Å². The second-order valence-corrected chi connectivity index (χ2v) is 7.04. The van der Waals surface area contributed by atoms with Gasteiger partial charge in [0.1, 0.15) is 17.0 Å². The van der Waals surface area contributed by atoms with Crippen LogP contribution in [0.25, 0.3) is 22.6 Å². The first-order valence-corrected chi connectivity index (χ1v) is 9.57. The number of hydrogen-bond acceptors (Lipinski definition) is 5. The first kappa shape index (κ1) is 19.5. The van der Waals surface area contributed by atoms with Crippen molar-refractivity contribution in [1.29, 1.82) is 0 Å². The predicted molar refractivity (Wildman–Crippen MR) is 116 cm³/mol. The van der Waals surface area contributed by atoms with E-state index in [0.717, 1.165) is 27.8 Å². The van der Waals surface area contributed by atoms with Crippen molar-refractivity contribution in [2.24, 2.45) is 0 Å². The van der Waals surface area contributed by atoms with Gasteiger partial charge < -0.3 is 19.2 Å². The Bertz CT molecular complexity index is 1200. The summed E-state index contributed by atoms with van der Waals surface area (Å²) in [6.07, 6.45) is 0. The number of carbonyl (C=O) groups is 1. The third-order valence-corrected chi connectivity index (χ3v) is 4.65. The van der Waals surface area contributed by atoms with E-state index >= 15 is 0 Å². The van der Waals surface area contributed by atoms with Gasteiger partial charge in [0, 0.05) is 17.3 Å². The molecule has 0 aliphatic carbocycles. The largest absolute Gasteiger partial charge is 0.497 e. The molecule has 1 aromatic heterocycles. The van der Waals surface area contributed by atoms with Gasteiger partial charge in [-0.25, -0.2) is 4.98 Å². The normalized spacial score (nSPS) is 10.8. The molecular formula is C24H22N2O4. The Balaban J connectivity index is 1.41. The summed E-state index contributed by atoms with van der Waals surface area (Å²) in [5, 5.41) is 2.82. The smallest absolute Gasteiger partial charge is 0.262 e. The number of nitrogens with zero attached hydrogens (tertiary/aromatic N) is 1. The van der Waals surface area contributed by atoms with E-state index in [1.807, 2.05) is 50.2 Å². The fourth-order valence-corrected chi connectivity index (χ4v) is 3.23. The highest BCUT2D eigenvalue weighted by molar-refractivity contribution is 5.92. The summed E-state index contributed by atoms with van der Waals surface area (Å²) in [7, 11) is 1.58. The van der Waals surface area contributed by atoms with E-state index in [1.165, 1.54) is 0 Å². The van der Waals surface area contributed by atoms with Crippen molar-refractivity contribution in [2.75, 3.05) is 19.0 Å². The predicted octanol–water partition coefficient (Wildman–Crippen LogP) is 5.14. The lowest BCUT2D eigenvalue weighted by Crippen LogP contribution is -2.20. The minimum atomic E-state index is -0.251. The molecule has 0 saturated heterocycles. The SMILES string of the molecule is COc1cccc(OCC(=O)Nc2ccc(-c3nc4cc(C)cc(C)c4o3)cc2)c1. The molecule has 152 valence electrons. The van der Waals surface area contributed by atoms with E-state index < -0.39 is 0 Å². The molecule has 0 radical (unpaired) electrons. The van der Waals surface area contributed by atoms with Crippen molar-refractivity contribution in [3.63, 3.8) is 0 Å². The minimum absolute atomic E-state index is 0.0985. The minimum Gasteiger partial charge on any atom is -0.497 e. The standard InChI is InChI=1S/C24H22N2O4/c1-15-11-16(2)23-21(12-15)26-24(30-23)17-7-9-18(10-8-17)25-22(27)14-29-20-6-4-5-19(13-20)28-3/h4-13H,14H2,1-3H3,(H,25,27). The van der Waals surface area contributed by atoms with E-state index in [-0.39, 0.29) is 12.5 Å². The number of amides is 1. The van der Waals surface area contributed by atoms with Crippen molar-refractivity contribution in [1.82, 2.24) is 4.98 Å². The number of oxazole rings is 1. The lowest BCUT2D eigenvalue weighted by Gasteiger charge is -2.09. The van der Waals surface area contributed by atoms with Crippen LogP contribution in [-0.4, -0.2) is 24.6 Å². The monoisotopic (exact) mass is 402 g/mol. The van der Waals surface area contributed by atoms with Crippen molar-refractivity contribution >= 4 is 22.7 Å². The number of rotatable bonds is 6. The Labute approximate surface area is 174 Å². The molecule has 1 amide bonds. The van der Waals surface area contributed by atoms with Crippen LogP contribution in [-0.2, 0) is 4.79 Å². The van der Waals surface area contributed by atoms with Crippen molar-refractivity contribution < 1.29 is 18.7 Å². The molecular weight excluding hydrogens is 380 g/mol. The molecule has 30 heavy (non-hydrogen) atoms. The van der Waals surface area contributed by atoms with Crippen molar-refractivity contribution in [3.05, 3.63) is 71.8 Å². The van der Waals surface area contributed by atoms with Gasteiger partial charge in [0.25, 0.3) is 5.91 Å². The highest BCUT2D eigenvalue weighted by Crippen LogP contribution is 2.28. The molecule has 0 saturated carbocycles. The fraction of sp³-hybridized carbons (Fsp3) is 0.167. The van der Waals surface area contributed by atoms with Crippen molar-refractivity contribution in [3.8, 4) is 23.0 Å². The van der Waals surface area contributed by atoms with Crippen LogP contribution in [0.15, 0.2) is 65.1 Å². The van der Waals surface area contributed by atoms with Crippen LogP contribution in [0.5, 0.6) is 11.5 Å². The van der Waals surface area contributed by atoms with Gasteiger partial charge in [0.2, 0.25) is 5.89 Å². The Kier molecular flexibility index (Phi) is 5.39. The van der Waals surface area contributed by atoms with E-state index in [0.29, 0.717) is 23.1 Å². The molecule has 0 aliphatic heterocycles. The first-order chi connectivity index (χ1) is 14.5. The zero-order chi connectivity index (χ0) is 21.1. The highest BCUT2D eigenvalue weighted by atomic mass is 16.5. The Morgan fingerprint density at radius 1 is 1.03 bits per heavy atom. The number of carbonyl (C=O) groups excluding carboxylic acids is 1. The summed E-state index contributed by atoms with van der Waals surface area (Å²) in [4.78, 5) is 16.8. The lowest BCUT2D eigenvalue weighted by atomic mass is 10.1. The van der Waals surface area contributed by atoms with Gasteiger partial charge in [0.15, 0.2) is 12.2 Å². The van der Waals surface area contributed by atoms with Crippen LogP contribution in [0.2, 0.25) is 0 Å². The Morgan fingerprint density at radius 2 is 1.80 bits per heavy atom. The zero-order valence-corrected chi connectivity index (χ0v) is 17.1. The number of methoxy groups -OCH3 is 1. The van der Waals surface area contributed by atoms with Crippen LogP contribution in [0.1, 0.15) is 11.1 Å². The molecule has 3 aromatic carbocycles. The average molecular weight is 402 g/mol. The molecule has 4 aromatic rings. The van der Waals surface area contributed by atoms with Crippen LogP contribution >= 0.6 is 0 Å². The van der Waals surface area contributed by atoms with Gasteiger partial charge in [-0.1, -0.05) is 12.1 Å². The van der Waals surface area contributed by atoms with Gasteiger partial charge in [-0.05, 0) is 67.4 Å². The third kappa shape index (κ3) is 4.27. The molecule has 0 unspecified atom stereocenters.